The van der Waals surface area contributed by atoms with Crippen molar-refractivity contribution in [3.8, 4) is 5.75 Å². The van der Waals surface area contributed by atoms with Crippen LogP contribution < -0.4 is 4.74 Å². The molecular weight excluding hydrogens is 344 g/mol. The van der Waals surface area contributed by atoms with Crippen LogP contribution in [0.3, 0.4) is 0 Å². The van der Waals surface area contributed by atoms with Gasteiger partial charge in [-0.05, 0) is 30.9 Å². The summed E-state index contributed by atoms with van der Waals surface area (Å²) in [6.45, 7) is 3.74. The Morgan fingerprint density at radius 1 is 1.26 bits per heavy atom. The number of amides is 2. The van der Waals surface area contributed by atoms with Crippen LogP contribution in [-0.2, 0) is 20.7 Å². The lowest BCUT2D eigenvalue weighted by atomic mass is 9.82. The number of rotatable bonds is 3. The third kappa shape index (κ3) is 3.10. The van der Waals surface area contributed by atoms with E-state index in [0.29, 0.717) is 38.5 Å². The normalized spacial score (nSPS) is 28.8. The highest BCUT2D eigenvalue weighted by molar-refractivity contribution is 5.83. The van der Waals surface area contributed by atoms with Crippen LogP contribution in [0.4, 0.5) is 0 Å². The molecule has 144 valence electrons. The highest BCUT2D eigenvalue weighted by Gasteiger charge is 2.50. The summed E-state index contributed by atoms with van der Waals surface area (Å²) >= 11 is 0. The van der Waals surface area contributed by atoms with Gasteiger partial charge in [-0.15, -0.1) is 0 Å². The Hall–Kier alpha value is -2.08. The third-order valence-corrected chi connectivity index (χ3v) is 6.48. The van der Waals surface area contributed by atoms with E-state index in [-0.39, 0.29) is 17.4 Å². The number of hydrogen-bond acceptors (Lipinski definition) is 4. The number of ether oxygens (including phenoxy) is 2. The van der Waals surface area contributed by atoms with Gasteiger partial charge in [0.15, 0.2) is 6.10 Å². The van der Waals surface area contributed by atoms with Crippen molar-refractivity contribution in [3.63, 3.8) is 0 Å². The van der Waals surface area contributed by atoms with Crippen molar-refractivity contribution in [2.24, 2.45) is 5.92 Å². The van der Waals surface area contributed by atoms with Crippen LogP contribution in [-0.4, -0.2) is 66.1 Å². The molecule has 2 amide bonds. The summed E-state index contributed by atoms with van der Waals surface area (Å²) in [6.07, 6.45) is 3.98. The molecule has 0 saturated carbocycles. The summed E-state index contributed by atoms with van der Waals surface area (Å²) in [4.78, 5) is 28.4. The molecule has 0 aliphatic carbocycles. The maximum atomic E-state index is 12.8. The second kappa shape index (κ2) is 6.51. The smallest absolute Gasteiger partial charge is 0.264 e. The molecule has 6 nitrogen and oxygen atoms in total. The van der Waals surface area contributed by atoms with Crippen molar-refractivity contribution in [3.05, 3.63) is 29.8 Å². The minimum Gasteiger partial charge on any atom is -0.480 e. The van der Waals surface area contributed by atoms with E-state index in [1.165, 1.54) is 0 Å². The average Bonchev–Trinajstić information content (AvgIpc) is 3.26. The first-order valence-corrected chi connectivity index (χ1v) is 10.1. The zero-order chi connectivity index (χ0) is 18.4. The zero-order valence-electron chi connectivity index (χ0n) is 15.6. The van der Waals surface area contributed by atoms with Crippen LogP contribution in [0.2, 0.25) is 0 Å². The fourth-order valence-corrected chi connectivity index (χ4v) is 4.85. The lowest BCUT2D eigenvalue weighted by molar-refractivity contribution is -0.193. The Bertz CT molecular complexity index is 723. The van der Waals surface area contributed by atoms with E-state index in [1.54, 1.807) is 0 Å². The lowest BCUT2D eigenvalue weighted by Gasteiger charge is -2.53. The topological polar surface area (TPSA) is 59.1 Å². The van der Waals surface area contributed by atoms with E-state index >= 15 is 0 Å². The van der Waals surface area contributed by atoms with Gasteiger partial charge in [0.05, 0.1) is 19.7 Å². The van der Waals surface area contributed by atoms with Crippen LogP contribution in [0.15, 0.2) is 24.3 Å². The van der Waals surface area contributed by atoms with Gasteiger partial charge in [-0.25, -0.2) is 0 Å². The molecule has 4 heterocycles. The Balaban J connectivity index is 1.11. The van der Waals surface area contributed by atoms with Crippen LogP contribution in [0.1, 0.15) is 31.2 Å². The molecule has 0 unspecified atom stereocenters. The maximum absolute atomic E-state index is 12.8. The predicted octanol–water partition coefficient (Wildman–Crippen LogP) is 1.62. The van der Waals surface area contributed by atoms with Gasteiger partial charge in [-0.3, -0.25) is 9.59 Å². The average molecular weight is 370 g/mol. The van der Waals surface area contributed by atoms with Gasteiger partial charge in [-0.2, -0.15) is 0 Å². The number of likely N-dealkylation sites (tertiary alicyclic amines) is 2. The van der Waals surface area contributed by atoms with Gasteiger partial charge in [0.2, 0.25) is 5.91 Å². The summed E-state index contributed by atoms with van der Waals surface area (Å²) in [5, 5.41) is 0. The zero-order valence-corrected chi connectivity index (χ0v) is 15.6. The first-order valence-electron chi connectivity index (χ1n) is 10.1. The van der Waals surface area contributed by atoms with Crippen molar-refractivity contribution in [1.82, 2.24) is 9.80 Å². The number of benzene rings is 1. The molecule has 2 atom stereocenters. The van der Waals surface area contributed by atoms with E-state index in [4.69, 9.17) is 9.47 Å². The molecule has 0 aromatic heterocycles. The van der Waals surface area contributed by atoms with Gasteiger partial charge in [-0.1, -0.05) is 18.2 Å². The first kappa shape index (κ1) is 17.0. The molecule has 0 N–H and O–H groups in total. The summed E-state index contributed by atoms with van der Waals surface area (Å²) in [6, 6.07) is 7.87. The fourth-order valence-electron chi connectivity index (χ4n) is 4.85. The summed E-state index contributed by atoms with van der Waals surface area (Å²) in [5.41, 5.74) is 0.936. The Labute approximate surface area is 159 Å². The molecule has 4 aliphatic rings. The molecular formula is C21H26N2O4. The molecule has 27 heavy (non-hydrogen) atoms. The SMILES string of the molecule is O=C1CCCN1C[C@@H]1CCC2(CN(C(=O)[C@@H]3Cc4ccccc4O3)C2)OC1. The monoisotopic (exact) mass is 370 g/mol. The van der Waals surface area contributed by atoms with E-state index in [9.17, 15) is 9.59 Å². The lowest BCUT2D eigenvalue weighted by Crippen LogP contribution is -2.68. The fraction of sp³-hybridized carbons (Fsp3) is 0.619. The summed E-state index contributed by atoms with van der Waals surface area (Å²) in [5.74, 6) is 1.62. The minimum atomic E-state index is -0.391. The molecule has 1 aromatic carbocycles. The first-order chi connectivity index (χ1) is 13.1. The highest BCUT2D eigenvalue weighted by atomic mass is 16.5. The standard InChI is InChI=1S/C21H26N2O4/c24-19-6-3-9-22(19)11-15-7-8-21(26-12-15)13-23(14-21)20(25)18-10-16-4-1-2-5-17(16)27-18/h1-2,4-5,15,18H,3,6-14H2/t15-,18-/m0/s1. The van der Waals surface area contributed by atoms with Crippen molar-refractivity contribution in [2.45, 2.75) is 43.8 Å². The van der Waals surface area contributed by atoms with Crippen LogP contribution in [0, 0.1) is 5.92 Å². The van der Waals surface area contributed by atoms with Gasteiger partial charge in [0, 0.05) is 31.8 Å². The number of carbonyl (C=O) groups is 2. The molecule has 1 spiro atoms. The number of hydrogen-bond donors (Lipinski definition) is 0. The van der Waals surface area contributed by atoms with Crippen molar-refractivity contribution >= 4 is 11.8 Å². The summed E-state index contributed by atoms with van der Waals surface area (Å²) < 4.78 is 12.0. The molecule has 6 heteroatoms. The van der Waals surface area contributed by atoms with Gasteiger partial charge in [0.1, 0.15) is 11.4 Å². The van der Waals surface area contributed by atoms with Crippen molar-refractivity contribution in [1.29, 1.82) is 0 Å². The number of nitrogens with zero attached hydrogens (tertiary/aromatic N) is 2. The molecule has 0 bridgehead atoms. The Kier molecular flexibility index (Phi) is 4.11. The maximum Gasteiger partial charge on any atom is 0.264 e. The highest BCUT2D eigenvalue weighted by Crippen LogP contribution is 2.38. The quantitative estimate of drug-likeness (QED) is 0.811. The van der Waals surface area contributed by atoms with E-state index in [1.807, 2.05) is 34.1 Å². The van der Waals surface area contributed by atoms with Crippen LogP contribution in [0.5, 0.6) is 5.75 Å². The molecule has 4 aliphatic heterocycles. The molecule has 3 fully saturated rings. The third-order valence-electron chi connectivity index (χ3n) is 6.48. The number of carbonyl (C=O) groups excluding carboxylic acids is 2. The largest absolute Gasteiger partial charge is 0.480 e. The van der Waals surface area contributed by atoms with Gasteiger partial charge in [0.25, 0.3) is 5.91 Å². The Morgan fingerprint density at radius 3 is 2.81 bits per heavy atom. The molecule has 0 radical (unpaired) electrons. The summed E-state index contributed by atoms with van der Waals surface area (Å²) in [7, 11) is 0. The minimum absolute atomic E-state index is 0.0743. The number of fused-ring (bicyclic) bond motifs is 1. The second-order valence-corrected chi connectivity index (χ2v) is 8.45. The Morgan fingerprint density at radius 2 is 2.11 bits per heavy atom. The second-order valence-electron chi connectivity index (χ2n) is 8.45. The van der Waals surface area contributed by atoms with E-state index in [2.05, 4.69) is 0 Å². The van der Waals surface area contributed by atoms with Gasteiger partial charge < -0.3 is 19.3 Å². The van der Waals surface area contributed by atoms with Crippen molar-refractivity contribution < 1.29 is 19.1 Å². The molecule has 3 saturated heterocycles. The number of para-hydroxylation sites is 1. The van der Waals surface area contributed by atoms with Crippen molar-refractivity contribution in [2.75, 3.05) is 32.8 Å². The van der Waals surface area contributed by atoms with Crippen LogP contribution in [0.25, 0.3) is 0 Å². The van der Waals surface area contributed by atoms with E-state index < -0.39 is 6.10 Å². The van der Waals surface area contributed by atoms with E-state index in [0.717, 1.165) is 43.7 Å². The van der Waals surface area contributed by atoms with Crippen LogP contribution >= 0.6 is 0 Å². The molecule has 1 aromatic rings. The molecule has 5 rings (SSSR count). The van der Waals surface area contributed by atoms with Gasteiger partial charge >= 0.3 is 0 Å². The predicted molar refractivity (Wildman–Crippen MR) is 98.4 cm³/mol.